The van der Waals surface area contributed by atoms with Gasteiger partial charge in [-0.25, -0.2) is 0 Å². The van der Waals surface area contributed by atoms with Crippen LogP contribution in [-0.4, -0.2) is 18.3 Å². The summed E-state index contributed by atoms with van der Waals surface area (Å²) in [6.07, 6.45) is 0. The lowest BCUT2D eigenvalue weighted by Crippen LogP contribution is -2.41. The van der Waals surface area contributed by atoms with Gasteiger partial charge in [-0.15, -0.1) is 0 Å². The second-order valence-electron chi connectivity index (χ2n) is 5.22. The molecule has 1 heterocycles. The van der Waals surface area contributed by atoms with Gasteiger partial charge in [-0.1, -0.05) is 33.6 Å². The van der Waals surface area contributed by atoms with Gasteiger partial charge in [0.1, 0.15) is 0 Å². The number of hydrogen-bond donors (Lipinski definition) is 0. The van der Waals surface area contributed by atoms with E-state index in [0.29, 0.717) is 5.02 Å². The van der Waals surface area contributed by atoms with Crippen LogP contribution in [0.25, 0.3) is 0 Å². The van der Waals surface area contributed by atoms with Crippen molar-refractivity contribution < 1.29 is 9.31 Å². The first kappa shape index (κ1) is 13.4. The summed E-state index contributed by atoms with van der Waals surface area (Å²) in [5.74, 6) is 0. The molecule has 1 saturated heterocycles. The van der Waals surface area contributed by atoms with Crippen LogP contribution in [0, 0.1) is 0 Å². The van der Waals surface area contributed by atoms with Crippen molar-refractivity contribution in [2.45, 2.75) is 38.9 Å². The molecule has 17 heavy (non-hydrogen) atoms. The van der Waals surface area contributed by atoms with Crippen LogP contribution in [0.1, 0.15) is 27.7 Å². The highest BCUT2D eigenvalue weighted by atomic mass is 79.9. The Balaban J connectivity index is 2.39. The van der Waals surface area contributed by atoms with Crippen LogP contribution < -0.4 is 5.46 Å². The van der Waals surface area contributed by atoms with Crippen LogP contribution in [0.15, 0.2) is 22.7 Å². The van der Waals surface area contributed by atoms with Crippen molar-refractivity contribution in [1.29, 1.82) is 0 Å². The minimum absolute atomic E-state index is 0.351. The molecule has 1 fully saturated rings. The Morgan fingerprint density at radius 3 is 2.12 bits per heavy atom. The Labute approximate surface area is 116 Å². The molecular formula is C12H15BBrClO2. The van der Waals surface area contributed by atoms with Crippen molar-refractivity contribution in [1.82, 2.24) is 0 Å². The van der Waals surface area contributed by atoms with Crippen LogP contribution in [0.3, 0.4) is 0 Å². The van der Waals surface area contributed by atoms with Crippen molar-refractivity contribution in [3.63, 3.8) is 0 Å². The number of hydrogen-bond acceptors (Lipinski definition) is 2. The van der Waals surface area contributed by atoms with Gasteiger partial charge < -0.3 is 9.31 Å². The molecule has 1 aromatic carbocycles. The highest BCUT2D eigenvalue weighted by Crippen LogP contribution is 2.37. The van der Waals surface area contributed by atoms with E-state index >= 15 is 0 Å². The molecule has 1 aliphatic rings. The van der Waals surface area contributed by atoms with Crippen molar-refractivity contribution in [2.24, 2.45) is 0 Å². The van der Waals surface area contributed by atoms with Crippen molar-refractivity contribution in [2.75, 3.05) is 0 Å². The fourth-order valence-corrected chi connectivity index (χ4v) is 2.63. The normalized spacial score (nSPS) is 21.9. The van der Waals surface area contributed by atoms with Gasteiger partial charge in [-0.3, -0.25) is 0 Å². The molecule has 0 amide bonds. The standard InChI is InChI=1S/C12H15BBrClO2/c1-11(2)12(3,4)17-13(16-11)10-8(14)6-5-7-9(10)15/h5-7H,1-4H3. The number of halogens is 2. The summed E-state index contributed by atoms with van der Waals surface area (Å²) in [6.45, 7) is 8.10. The molecule has 0 unspecified atom stereocenters. The SMILES string of the molecule is CC1(C)OB(c2c(Cl)cccc2Br)OC1(C)C. The Bertz CT molecular complexity index is 412. The first-order chi connectivity index (χ1) is 7.74. The Morgan fingerprint density at radius 2 is 1.65 bits per heavy atom. The van der Waals surface area contributed by atoms with E-state index in [-0.39, 0.29) is 11.2 Å². The van der Waals surface area contributed by atoms with Crippen molar-refractivity contribution >= 4 is 40.1 Å². The van der Waals surface area contributed by atoms with Gasteiger partial charge in [0.25, 0.3) is 0 Å². The van der Waals surface area contributed by atoms with Crippen LogP contribution in [-0.2, 0) is 9.31 Å². The van der Waals surface area contributed by atoms with E-state index in [2.05, 4.69) is 15.9 Å². The van der Waals surface area contributed by atoms with Gasteiger partial charge in [0.05, 0.1) is 11.2 Å². The lowest BCUT2D eigenvalue weighted by atomic mass is 9.79. The molecule has 0 N–H and O–H groups in total. The maximum Gasteiger partial charge on any atom is 0.497 e. The van der Waals surface area contributed by atoms with E-state index in [9.17, 15) is 0 Å². The molecule has 5 heteroatoms. The third-order valence-corrected chi connectivity index (χ3v) is 4.51. The van der Waals surface area contributed by atoms with Gasteiger partial charge in [-0.2, -0.15) is 0 Å². The van der Waals surface area contributed by atoms with Gasteiger partial charge in [0, 0.05) is 15.0 Å². The van der Waals surface area contributed by atoms with Crippen molar-refractivity contribution in [3.8, 4) is 0 Å². The van der Waals surface area contributed by atoms with Crippen LogP contribution in [0.2, 0.25) is 5.02 Å². The topological polar surface area (TPSA) is 18.5 Å². The highest BCUT2D eigenvalue weighted by Gasteiger charge is 2.52. The molecule has 2 nitrogen and oxygen atoms in total. The van der Waals surface area contributed by atoms with Gasteiger partial charge in [-0.05, 0) is 39.8 Å². The molecule has 1 aromatic rings. The predicted octanol–water partition coefficient (Wildman–Crippen LogP) is 3.40. The summed E-state index contributed by atoms with van der Waals surface area (Å²) < 4.78 is 12.9. The molecule has 0 bridgehead atoms. The summed E-state index contributed by atoms with van der Waals surface area (Å²) in [5.41, 5.74) is 0.153. The fourth-order valence-electron chi connectivity index (χ4n) is 1.70. The Morgan fingerprint density at radius 1 is 1.12 bits per heavy atom. The molecule has 2 rings (SSSR count). The average molecular weight is 317 g/mol. The summed E-state index contributed by atoms with van der Waals surface area (Å²) in [4.78, 5) is 0. The second-order valence-corrected chi connectivity index (χ2v) is 6.49. The Kier molecular flexibility index (Phi) is 3.37. The van der Waals surface area contributed by atoms with Crippen LogP contribution in [0.4, 0.5) is 0 Å². The molecule has 0 saturated carbocycles. The maximum atomic E-state index is 6.21. The van der Waals surface area contributed by atoms with E-state index in [1.54, 1.807) is 0 Å². The van der Waals surface area contributed by atoms with Gasteiger partial charge in [0.15, 0.2) is 0 Å². The van der Waals surface area contributed by atoms with Crippen LogP contribution >= 0.6 is 27.5 Å². The van der Waals surface area contributed by atoms with E-state index in [4.69, 9.17) is 20.9 Å². The van der Waals surface area contributed by atoms with Crippen LogP contribution in [0.5, 0.6) is 0 Å². The summed E-state index contributed by atoms with van der Waals surface area (Å²) in [6, 6.07) is 5.67. The van der Waals surface area contributed by atoms with E-state index < -0.39 is 7.12 Å². The smallest absolute Gasteiger partial charge is 0.399 e. The van der Waals surface area contributed by atoms with E-state index in [1.807, 2.05) is 45.9 Å². The molecule has 0 atom stereocenters. The average Bonchev–Trinajstić information content (AvgIpc) is 2.35. The summed E-state index contributed by atoms with van der Waals surface area (Å²) in [7, 11) is -0.428. The number of benzene rings is 1. The minimum Gasteiger partial charge on any atom is -0.399 e. The molecular weight excluding hydrogens is 302 g/mol. The third kappa shape index (κ3) is 2.28. The zero-order chi connectivity index (χ0) is 12.8. The second kappa shape index (κ2) is 4.27. The molecule has 0 spiro atoms. The maximum absolute atomic E-state index is 6.21. The molecule has 92 valence electrons. The van der Waals surface area contributed by atoms with E-state index in [1.165, 1.54) is 0 Å². The lowest BCUT2D eigenvalue weighted by molar-refractivity contribution is 0.00578. The molecule has 0 aliphatic carbocycles. The third-order valence-electron chi connectivity index (χ3n) is 3.49. The van der Waals surface area contributed by atoms with E-state index in [0.717, 1.165) is 9.94 Å². The highest BCUT2D eigenvalue weighted by molar-refractivity contribution is 9.10. The molecule has 0 aromatic heterocycles. The predicted molar refractivity (Wildman–Crippen MR) is 74.9 cm³/mol. The largest absolute Gasteiger partial charge is 0.497 e. The lowest BCUT2D eigenvalue weighted by Gasteiger charge is -2.32. The quantitative estimate of drug-likeness (QED) is 0.739. The molecule has 1 aliphatic heterocycles. The zero-order valence-corrected chi connectivity index (χ0v) is 12.7. The van der Waals surface area contributed by atoms with Gasteiger partial charge >= 0.3 is 7.12 Å². The van der Waals surface area contributed by atoms with Crippen molar-refractivity contribution in [3.05, 3.63) is 27.7 Å². The number of rotatable bonds is 1. The summed E-state index contributed by atoms with van der Waals surface area (Å²) >= 11 is 9.69. The first-order valence-corrected chi connectivity index (χ1v) is 6.71. The fraction of sp³-hybridized carbons (Fsp3) is 0.500. The minimum atomic E-state index is -0.428. The molecule has 0 radical (unpaired) electrons. The Hall–Kier alpha value is -0.0251. The summed E-state index contributed by atoms with van der Waals surface area (Å²) in [5, 5.41) is 0.651. The first-order valence-electron chi connectivity index (χ1n) is 5.54. The van der Waals surface area contributed by atoms with Gasteiger partial charge in [0.2, 0.25) is 0 Å². The monoisotopic (exact) mass is 316 g/mol. The zero-order valence-electron chi connectivity index (χ0n) is 10.4.